The third kappa shape index (κ3) is 3.30. The summed E-state index contributed by atoms with van der Waals surface area (Å²) in [6.45, 7) is 0. The Morgan fingerprint density at radius 2 is 1.87 bits per heavy atom. The quantitative estimate of drug-likeness (QED) is 0.756. The Hall–Kier alpha value is -0.915. The van der Waals surface area contributed by atoms with Crippen molar-refractivity contribution in [2.24, 2.45) is 0 Å². The molecule has 0 heterocycles. The summed E-state index contributed by atoms with van der Waals surface area (Å²) in [6, 6.07) is 3.49. The topological polar surface area (TPSA) is 49.7 Å². The molecule has 82 valence electrons. The molecule has 0 aliphatic rings. The standard InChI is InChI=1S/C7H5BClF3O3/c9-5-3-1-2-4(8(13)14)6(5)15-7(10,11)12/h1-3,13-14H. The van der Waals surface area contributed by atoms with Crippen LogP contribution < -0.4 is 10.2 Å². The summed E-state index contributed by atoms with van der Waals surface area (Å²) < 4.78 is 39.3. The minimum absolute atomic E-state index is 0.349. The number of benzene rings is 1. The van der Waals surface area contributed by atoms with Crippen LogP contribution in [0.1, 0.15) is 0 Å². The van der Waals surface area contributed by atoms with Crippen LogP contribution in [-0.2, 0) is 0 Å². The van der Waals surface area contributed by atoms with Crippen LogP contribution in [0.15, 0.2) is 18.2 Å². The molecule has 0 saturated heterocycles. The highest BCUT2D eigenvalue weighted by atomic mass is 35.5. The minimum atomic E-state index is -4.94. The van der Waals surface area contributed by atoms with E-state index in [1.165, 1.54) is 6.07 Å². The molecule has 0 amide bonds. The molecule has 0 aliphatic carbocycles. The van der Waals surface area contributed by atoms with Crippen molar-refractivity contribution >= 4 is 24.2 Å². The predicted molar refractivity (Wildman–Crippen MR) is 48.0 cm³/mol. The Bertz CT molecular complexity index is 356. The van der Waals surface area contributed by atoms with E-state index in [1.54, 1.807) is 0 Å². The summed E-state index contributed by atoms with van der Waals surface area (Å²) in [5.74, 6) is -0.804. The summed E-state index contributed by atoms with van der Waals surface area (Å²) in [7, 11) is -2.08. The third-order valence-corrected chi connectivity index (χ3v) is 1.79. The van der Waals surface area contributed by atoms with Crippen molar-refractivity contribution in [3.05, 3.63) is 23.2 Å². The highest BCUT2D eigenvalue weighted by Crippen LogP contribution is 2.28. The number of para-hydroxylation sites is 1. The number of alkyl halides is 3. The zero-order valence-corrected chi connectivity index (χ0v) is 7.88. The van der Waals surface area contributed by atoms with Gasteiger partial charge >= 0.3 is 13.5 Å². The van der Waals surface area contributed by atoms with Crippen molar-refractivity contribution in [1.82, 2.24) is 0 Å². The SMILES string of the molecule is OB(O)c1cccc(Cl)c1OC(F)(F)F. The van der Waals surface area contributed by atoms with Crippen LogP contribution in [-0.4, -0.2) is 23.5 Å². The molecule has 0 aliphatic heterocycles. The lowest BCUT2D eigenvalue weighted by molar-refractivity contribution is -0.274. The molecular weight excluding hydrogens is 235 g/mol. The average Bonchev–Trinajstić information content (AvgIpc) is 2.05. The van der Waals surface area contributed by atoms with E-state index in [2.05, 4.69) is 4.74 Å². The van der Waals surface area contributed by atoms with Gasteiger partial charge in [-0.25, -0.2) is 0 Å². The Morgan fingerprint density at radius 3 is 2.33 bits per heavy atom. The van der Waals surface area contributed by atoms with Crippen LogP contribution in [0, 0.1) is 0 Å². The van der Waals surface area contributed by atoms with E-state index in [0.29, 0.717) is 0 Å². The molecule has 1 aromatic rings. The lowest BCUT2D eigenvalue weighted by atomic mass is 9.79. The molecule has 0 saturated carbocycles. The second-order valence-corrected chi connectivity index (χ2v) is 2.99. The van der Waals surface area contributed by atoms with Gasteiger partial charge in [-0.3, -0.25) is 0 Å². The van der Waals surface area contributed by atoms with Crippen LogP contribution in [0.25, 0.3) is 0 Å². The molecule has 0 atom stereocenters. The molecule has 0 bridgehead atoms. The maximum Gasteiger partial charge on any atom is 0.573 e. The molecular formula is C7H5BClF3O3. The first kappa shape index (κ1) is 12.2. The summed E-state index contributed by atoms with van der Waals surface area (Å²) in [5.41, 5.74) is -0.445. The van der Waals surface area contributed by atoms with E-state index >= 15 is 0 Å². The molecule has 8 heteroatoms. The normalized spacial score (nSPS) is 11.3. The van der Waals surface area contributed by atoms with E-state index in [1.807, 2.05) is 0 Å². The lowest BCUT2D eigenvalue weighted by Crippen LogP contribution is -2.33. The van der Waals surface area contributed by atoms with Gasteiger partial charge in [0.2, 0.25) is 0 Å². The van der Waals surface area contributed by atoms with E-state index in [0.717, 1.165) is 12.1 Å². The van der Waals surface area contributed by atoms with Crippen molar-refractivity contribution in [3.63, 3.8) is 0 Å². The maximum absolute atomic E-state index is 11.9. The Balaban J connectivity index is 3.14. The van der Waals surface area contributed by atoms with Crippen LogP contribution in [0.4, 0.5) is 13.2 Å². The zero-order valence-electron chi connectivity index (χ0n) is 7.12. The molecule has 0 fully saturated rings. The first-order valence-corrected chi connectivity index (χ1v) is 4.09. The molecule has 1 rings (SSSR count). The minimum Gasteiger partial charge on any atom is -0.423 e. The Kier molecular flexibility index (Phi) is 3.48. The number of halogens is 4. The highest BCUT2D eigenvalue weighted by Gasteiger charge is 2.34. The van der Waals surface area contributed by atoms with Gasteiger partial charge in [0, 0.05) is 5.46 Å². The van der Waals surface area contributed by atoms with E-state index < -0.39 is 24.7 Å². The zero-order chi connectivity index (χ0) is 11.6. The molecule has 0 aromatic heterocycles. The van der Waals surface area contributed by atoms with Gasteiger partial charge in [0.15, 0.2) is 0 Å². The fraction of sp³-hybridized carbons (Fsp3) is 0.143. The summed E-state index contributed by atoms with van der Waals surface area (Å²) >= 11 is 5.43. The van der Waals surface area contributed by atoms with Crippen molar-refractivity contribution in [3.8, 4) is 5.75 Å². The Morgan fingerprint density at radius 1 is 1.27 bits per heavy atom. The number of rotatable bonds is 2. The molecule has 0 radical (unpaired) electrons. The maximum atomic E-state index is 11.9. The Labute approximate surface area is 88.2 Å². The molecule has 2 N–H and O–H groups in total. The number of hydrogen-bond donors (Lipinski definition) is 2. The van der Waals surface area contributed by atoms with Crippen LogP contribution >= 0.6 is 11.6 Å². The van der Waals surface area contributed by atoms with Crippen molar-refractivity contribution < 1.29 is 28.0 Å². The van der Waals surface area contributed by atoms with Crippen molar-refractivity contribution in [2.75, 3.05) is 0 Å². The van der Waals surface area contributed by atoms with Gasteiger partial charge in [0.25, 0.3) is 0 Å². The van der Waals surface area contributed by atoms with Crippen LogP contribution in [0.3, 0.4) is 0 Å². The van der Waals surface area contributed by atoms with Gasteiger partial charge in [-0.2, -0.15) is 0 Å². The first-order valence-electron chi connectivity index (χ1n) is 3.71. The number of hydrogen-bond acceptors (Lipinski definition) is 3. The molecule has 15 heavy (non-hydrogen) atoms. The summed E-state index contributed by atoms with van der Waals surface area (Å²) in [4.78, 5) is 0. The second-order valence-electron chi connectivity index (χ2n) is 2.58. The van der Waals surface area contributed by atoms with E-state index in [4.69, 9.17) is 21.6 Å². The van der Waals surface area contributed by atoms with Crippen LogP contribution in [0.2, 0.25) is 5.02 Å². The smallest absolute Gasteiger partial charge is 0.423 e. The summed E-state index contributed by atoms with van der Waals surface area (Å²) in [6.07, 6.45) is -4.94. The van der Waals surface area contributed by atoms with Gasteiger partial charge < -0.3 is 14.8 Å². The van der Waals surface area contributed by atoms with Gasteiger partial charge in [-0.15, -0.1) is 13.2 Å². The molecule has 3 nitrogen and oxygen atoms in total. The van der Waals surface area contributed by atoms with Crippen molar-refractivity contribution in [1.29, 1.82) is 0 Å². The predicted octanol–water partition coefficient (Wildman–Crippen LogP) is 0.918. The van der Waals surface area contributed by atoms with Gasteiger partial charge in [-0.1, -0.05) is 23.7 Å². The van der Waals surface area contributed by atoms with E-state index in [-0.39, 0.29) is 5.02 Å². The third-order valence-electron chi connectivity index (χ3n) is 1.49. The molecule has 1 aromatic carbocycles. The monoisotopic (exact) mass is 240 g/mol. The largest absolute Gasteiger partial charge is 0.573 e. The van der Waals surface area contributed by atoms with Gasteiger partial charge in [-0.05, 0) is 6.07 Å². The second kappa shape index (κ2) is 4.30. The van der Waals surface area contributed by atoms with Crippen LogP contribution in [0.5, 0.6) is 5.75 Å². The highest BCUT2D eigenvalue weighted by molar-refractivity contribution is 6.60. The number of ether oxygens (including phenoxy) is 1. The van der Waals surface area contributed by atoms with Gasteiger partial charge in [0.05, 0.1) is 5.02 Å². The van der Waals surface area contributed by atoms with Gasteiger partial charge in [0.1, 0.15) is 5.75 Å². The van der Waals surface area contributed by atoms with Crippen molar-refractivity contribution in [2.45, 2.75) is 6.36 Å². The van der Waals surface area contributed by atoms with E-state index in [9.17, 15) is 13.2 Å². The average molecular weight is 240 g/mol. The lowest BCUT2D eigenvalue weighted by Gasteiger charge is -2.13. The molecule has 0 unspecified atom stereocenters. The fourth-order valence-corrected chi connectivity index (χ4v) is 1.17. The fourth-order valence-electron chi connectivity index (χ4n) is 0.952. The summed E-state index contributed by atoms with van der Waals surface area (Å²) in [5, 5.41) is 17.2. The first-order chi connectivity index (χ1) is 6.81. The molecule has 0 spiro atoms.